The number of nitrogens with one attached hydrogen (secondary N) is 1. The molecule has 0 radical (unpaired) electrons. The number of alkyl halides is 1. The van der Waals surface area contributed by atoms with Crippen LogP contribution in [0.3, 0.4) is 0 Å². The van der Waals surface area contributed by atoms with Gasteiger partial charge in [-0.1, -0.05) is 12.1 Å². The molecule has 0 fully saturated rings. The Kier molecular flexibility index (Phi) is 3.80. The SMILES string of the molecule is ClCc1cccc(Nc2ccncc2Br)c1. The molecule has 16 heavy (non-hydrogen) atoms. The molecule has 0 bridgehead atoms. The van der Waals surface area contributed by atoms with Crippen molar-refractivity contribution in [2.45, 2.75) is 5.88 Å². The summed E-state index contributed by atoms with van der Waals surface area (Å²) in [4.78, 5) is 4.01. The standard InChI is InChI=1S/C12H10BrClN2/c13-11-8-15-5-4-12(11)16-10-3-1-2-9(6-10)7-14/h1-6,8H,7H2,(H,15,16). The zero-order valence-electron chi connectivity index (χ0n) is 8.45. The van der Waals surface area contributed by atoms with Gasteiger partial charge in [0.2, 0.25) is 0 Å². The third kappa shape index (κ3) is 2.74. The fraction of sp³-hybridized carbons (Fsp3) is 0.0833. The molecule has 0 saturated heterocycles. The summed E-state index contributed by atoms with van der Waals surface area (Å²) in [5, 5.41) is 3.30. The maximum absolute atomic E-state index is 5.79. The summed E-state index contributed by atoms with van der Waals surface area (Å²) >= 11 is 9.22. The largest absolute Gasteiger partial charge is 0.355 e. The second kappa shape index (κ2) is 5.32. The summed E-state index contributed by atoms with van der Waals surface area (Å²) in [6.07, 6.45) is 3.51. The maximum atomic E-state index is 5.79. The highest BCUT2D eigenvalue weighted by molar-refractivity contribution is 9.10. The van der Waals surface area contributed by atoms with Crippen molar-refractivity contribution in [3.8, 4) is 0 Å². The Morgan fingerprint density at radius 2 is 2.19 bits per heavy atom. The second-order valence-corrected chi connectivity index (χ2v) is 4.44. The number of anilines is 2. The fourth-order valence-electron chi connectivity index (χ4n) is 1.36. The van der Waals surface area contributed by atoms with Gasteiger partial charge < -0.3 is 5.32 Å². The van der Waals surface area contributed by atoms with E-state index in [1.54, 1.807) is 12.4 Å². The van der Waals surface area contributed by atoms with Gasteiger partial charge >= 0.3 is 0 Å². The molecule has 0 aliphatic rings. The molecule has 1 aromatic carbocycles. The van der Waals surface area contributed by atoms with E-state index in [0.29, 0.717) is 5.88 Å². The van der Waals surface area contributed by atoms with E-state index in [9.17, 15) is 0 Å². The molecule has 2 aromatic rings. The quantitative estimate of drug-likeness (QED) is 0.853. The van der Waals surface area contributed by atoms with E-state index in [1.165, 1.54) is 0 Å². The van der Waals surface area contributed by atoms with Gasteiger partial charge in [-0.25, -0.2) is 0 Å². The molecule has 0 unspecified atom stereocenters. The lowest BCUT2D eigenvalue weighted by molar-refractivity contribution is 1.30. The highest BCUT2D eigenvalue weighted by atomic mass is 79.9. The Balaban J connectivity index is 2.24. The molecule has 4 heteroatoms. The molecule has 0 spiro atoms. The van der Waals surface area contributed by atoms with Crippen LogP contribution in [0.15, 0.2) is 47.2 Å². The normalized spacial score (nSPS) is 10.1. The lowest BCUT2D eigenvalue weighted by Crippen LogP contribution is -1.92. The summed E-state index contributed by atoms with van der Waals surface area (Å²) in [6.45, 7) is 0. The first-order valence-corrected chi connectivity index (χ1v) is 6.14. The Morgan fingerprint density at radius 3 is 2.94 bits per heavy atom. The molecule has 2 rings (SSSR count). The van der Waals surface area contributed by atoms with Gasteiger partial charge in [-0.15, -0.1) is 11.6 Å². The molecule has 0 amide bonds. The van der Waals surface area contributed by atoms with Crippen LogP contribution in [-0.4, -0.2) is 4.98 Å². The second-order valence-electron chi connectivity index (χ2n) is 3.31. The molecule has 1 aromatic heterocycles. The number of benzene rings is 1. The summed E-state index contributed by atoms with van der Waals surface area (Å²) in [5.74, 6) is 0.521. The van der Waals surface area contributed by atoms with E-state index < -0.39 is 0 Å². The van der Waals surface area contributed by atoms with Gasteiger partial charge in [0.05, 0.1) is 10.2 Å². The van der Waals surface area contributed by atoms with Crippen molar-refractivity contribution < 1.29 is 0 Å². The van der Waals surface area contributed by atoms with Gasteiger partial charge in [-0.3, -0.25) is 4.98 Å². The smallest absolute Gasteiger partial charge is 0.0593 e. The van der Waals surface area contributed by atoms with Gasteiger partial charge in [-0.2, -0.15) is 0 Å². The van der Waals surface area contributed by atoms with Crippen molar-refractivity contribution in [2.75, 3.05) is 5.32 Å². The molecular weight excluding hydrogens is 288 g/mol. The number of rotatable bonds is 3. The number of nitrogens with zero attached hydrogens (tertiary/aromatic N) is 1. The Morgan fingerprint density at radius 1 is 1.31 bits per heavy atom. The van der Waals surface area contributed by atoms with Gasteiger partial charge in [0.25, 0.3) is 0 Å². The molecule has 2 nitrogen and oxygen atoms in total. The summed E-state index contributed by atoms with van der Waals surface area (Å²) in [7, 11) is 0. The summed E-state index contributed by atoms with van der Waals surface area (Å²) < 4.78 is 0.936. The fourth-order valence-corrected chi connectivity index (χ4v) is 1.88. The number of hydrogen-bond acceptors (Lipinski definition) is 2. The highest BCUT2D eigenvalue weighted by Gasteiger charge is 2.00. The summed E-state index contributed by atoms with van der Waals surface area (Å²) in [6, 6.07) is 9.93. The van der Waals surface area contributed by atoms with E-state index in [1.807, 2.05) is 30.3 Å². The topological polar surface area (TPSA) is 24.9 Å². The van der Waals surface area contributed by atoms with Crippen LogP contribution in [0.25, 0.3) is 0 Å². The van der Waals surface area contributed by atoms with Crippen LogP contribution < -0.4 is 5.32 Å². The minimum Gasteiger partial charge on any atom is -0.355 e. The van der Waals surface area contributed by atoms with Gasteiger partial charge in [0, 0.05) is 24.0 Å². The van der Waals surface area contributed by atoms with E-state index in [2.05, 4.69) is 26.2 Å². The van der Waals surface area contributed by atoms with Crippen LogP contribution in [0, 0.1) is 0 Å². The number of hydrogen-bond donors (Lipinski definition) is 1. The van der Waals surface area contributed by atoms with E-state index in [4.69, 9.17) is 11.6 Å². The minimum atomic E-state index is 0.521. The van der Waals surface area contributed by atoms with Crippen LogP contribution in [0.5, 0.6) is 0 Å². The monoisotopic (exact) mass is 296 g/mol. The van der Waals surface area contributed by atoms with Crippen molar-refractivity contribution in [3.05, 3.63) is 52.8 Å². The highest BCUT2D eigenvalue weighted by Crippen LogP contribution is 2.24. The average molecular weight is 298 g/mol. The zero-order chi connectivity index (χ0) is 11.4. The van der Waals surface area contributed by atoms with Crippen molar-refractivity contribution in [1.29, 1.82) is 0 Å². The predicted molar refractivity (Wildman–Crippen MR) is 71.2 cm³/mol. The molecule has 1 heterocycles. The third-order valence-electron chi connectivity index (χ3n) is 2.13. The molecule has 0 aliphatic carbocycles. The third-order valence-corrected chi connectivity index (χ3v) is 3.07. The van der Waals surface area contributed by atoms with Crippen molar-refractivity contribution in [3.63, 3.8) is 0 Å². The lowest BCUT2D eigenvalue weighted by atomic mass is 10.2. The summed E-state index contributed by atoms with van der Waals surface area (Å²) in [5.41, 5.74) is 3.10. The van der Waals surface area contributed by atoms with Gasteiger partial charge in [0.1, 0.15) is 0 Å². The molecule has 0 aliphatic heterocycles. The van der Waals surface area contributed by atoms with Crippen molar-refractivity contribution >= 4 is 38.9 Å². The van der Waals surface area contributed by atoms with Crippen LogP contribution in [0.2, 0.25) is 0 Å². The Bertz CT molecular complexity index is 488. The van der Waals surface area contributed by atoms with Crippen LogP contribution in [0.1, 0.15) is 5.56 Å². The molecule has 1 N–H and O–H groups in total. The lowest BCUT2D eigenvalue weighted by Gasteiger charge is -2.08. The number of aromatic nitrogens is 1. The number of pyridine rings is 1. The van der Waals surface area contributed by atoms with Gasteiger partial charge in [0.15, 0.2) is 0 Å². The van der Waals surface area contributed by atoms with Crippen molar-refractivity contribution in [1.82, 2.24) is 4.98 Å². The van der Waals surface area contributed by atoms with Crippen LogP contribution in [0.4, 0.5) is 11.4 Å². The molecule has 82 valence electrons. The Labute approximate surface area is 108 Å². The first kappa shape index (κ1) is 11.4. The minimum absolute atomic E-state index is 0.521. The van der Waals surface area contributed by atoms with E-state index in [-0.39, 0.29) is 0 Å². The first-order chi connectivity index (χ1) is 7.79. The first-order valence-electron chi connectivity index (χ1n) is 4.81. The molecular formula is C12H10BrClN2. The average Bonchev–Trinajstić information content (AvgIpc) is 2.32. The maximum Gasteiger partial charge on any atom is 0.0593 e. The van der Waals surface area contributed by atoms with E-state index >= 15 is 0 Å². The molecule has 0 atom stereocenters. The van der Waals surface area contributed by atoms with Gasteiger partial charge in [-0.05, 0) is 39.7 Å². The predicted octanol–water partition coefficient (Wildman–Crippen LogP) is 4.33. The zero-order valence-corrected chi connectivity index (χ0v) is 10.8. The Hall–Kier alpha value is -1.06. The van der Waals surface area contributed by atoms with Crippen LogP contribution in [-0.2, 0) is 5.88 Å². The van der Waals surface area contributed by atoms with Crippen molar-refractivity contribution in [2.24, 2.45) is 0 Å². The van der Waals surface area contributed by atoms with Crippen LogP contribution >= 0.6 is 27.5 Å². The molecule has 0 saturated carbocycles. The number of halogens is 2. The van der Waals surface area contributed by atoms with E-state index in [0.717, 1.165) is 21.4 Å².